The number of rotatable bonds is 4. The average Bonchev–Trinajstić information content (AvgIpc) is 3.15. The van der Waals surface area contributed by atoms with E-state index in [2.05, 4.69) is 17.0 Å². The lowest BCUT2D eigenvalue weighted by molar-refractivity contribution is -0.136. The molecule has 6 nitrogen and oxygen atoms in total. The number of nitrogens with zero attached hydrogens (tertiary/aromatic N) is 3. The number of carbonyl (C=O) groups excluding carboxylic acids is 2. The zero-order valence-corrected chi connectivity index (χ0v) is 17.0. The summed E-state index contributed by atoms with van der Waals surface area (Å²) in [5.74, 6) is 0.430. The van der Waals surface area contributed by atoms with E-state index in [4.69, 9.17) is 4.74 Å². The molecule has 2 amide bonds. The van der Waals surface area contributed by atoms with Gasteiger partial charge in [0.05, 0.1) is 18.7 Å². The van der Waals surface area contributed by atoms with Crippen molar-refractivity contribution in [1.29, 1.82) is 0 Å². The molecule has 0 bridgehead atoms. The summed E-state index contributed by atoms with van der Waals surface area (Å²) in [6.45, 7) is 5.39. The largest absolute Gasteiger partial charge is 0.495 e. The van der Waals surface area contributed by atoms with E-state index in [1.807, 2.05) is 48.2 Å². The lowest BCUT2D eigenvalue weighted by atomic mass is 10.1. The molecule has 0 unspecified atom stereocenters. The number of ether oxygens (including phenoxy) is 1. The molecule has 2 aromatic carbocycles. The lowest BCUT2D eigenvalue weighted by Crippen LogP contribution is -2.50. The Morgan fingerprint density at radius 1 is 1.03 bits per heavy atom. The number of anilines is 2. The zero-order chi connectivity index (χ0) is 20.4. The highest BCUT2D eigenvalue weighted by atomic mass is 16.5. The molecule has 0 N–H and O–H groups in total. The molecule has 29 heavy (non-hydrogen) atoms. The van der Waals surface area contributed by atoms with Crippen LogP contribution in [-0.4, -0.2) is 56.5 Å². The molecular weight excluding hydrogens is 366 g/mol. The molecular formula is C23H27N3O3. The molecule has 0 aromatic heterocycles. The number of hydrogen-bond donors (Lipinski definition) is 0. The van der Waals surface area contributed by atoms with Gasteiger partial charge in [-0.1, -0.05) is 24.3 Å². The van der Waals surface area contributed by atoms with Gasteiger partial charge < -0.3 is 19.4 Å². The molecule has 2 aliphatic heterocycles. The van der Waals surface area contributed by atoms with Crippen LogP contribution in [0.4, 0.5) is 11.4 Å². The average molecular weight is 393 g/mol. The van der Waals surface area contributed by atoms with Gasteiger partial charge in [0.1, 0.15) is 5.75 Å². The summed E-state index contributed by atoms with van der Waals surface area (Å²) in [5.41, 5.74) is 3.00. The van der Waals surface area contributed by atoms with Crippen molar-refractivity contribution in [2.75, 3.05) is 49.6 Å². The van der Waals surface area contributed by atoms with E-state index in [1.54, 1.807) is 12.0 Å². The molecule has 1 atom stereocenters. The van der Waals surface area contributed by atoms with E-state index in [0.29, 0.717) is 25.4 Å². The van der Waals surface area contributed by atoms with E-state index in [9.17, 15) is 9.59 Å². The van der Waals surface area contributed by atoms with Crippen LogP contribution in [0.15, 0.2) is 48.5 Å². The summed E-state index contributed by atoms with van der Waals surface area (Å²) >= 11 is 0. The van der Waals surface area contributed by atoms with Gasteiger partial charge >= 0.3 is 0 Å². The Labute approximate surface area is 171 Å². The summed E-state index contributed by atoms with van der Waals surface area (Å²) in [5, 5.41) is 0. The Morgan fingerprint density at radius 3 is 2.45 bits per heavy atom. The topological polar surface area (TPSA) is 53.1 Å². The van der Waals surface area contributed by atoms with Gasteiger partial charge in [-0.05, 0) is 36.8 Å². The van der Waals surface area contributed by atoms with Gasteiger partial charge in [0.2, 0.25) is 11.8 Å². The number of aryl methyl sites for hydroxylation is 1. The first-order valence-corrected chi connectivity index (χ1v) is 10.1. The molecule has 6 heteroatoms. The Hall–Kier alpha value is -3.02. The van der Waals surface area contributed by atoms with Crippen LogP contribution in [0, 0.1) is 12.8 Å². The van der Waals surface area contributed by atoms with Crippen LogP contribution in [0.25, 0.3) is 0 Å². The highest BCUT2D eigenvalue weighted by molar-refractivity contribution is 6.01. The molecule has 0 spiro atoms. The van der Waals surface area contributed by atoms with E-state index < -0.39 is 0 Å². The highest BCUT2D eigenvalue weighted by Gasteiger charge is 2.38. The third-order valence-corrected chi connectivity index (χ3v) is 5.81. The highest BCUT2D eigenvalue weighted by Crippen LogP contribution is 2.34. The fourth-order valence-corrected chi connectivity index (χ4v) is 4.20. The number of piperazine rings is 1. The van der Waals surface area contributed by atoms with Crippen LogP contribution >= 0.6 is 0 Å². The summed E-state index contributed by atoms with van der Waals surface area (Å²) in [7, 11) is 1.60. The first kappa shape index (κ1) is 19.3. The van der Waals surface area contributed by atoms with Crippen molar-refractivity contribution in [2.24, 2.45) is 5.92 Å². The van der Waals surface area contributed by atoms with Crippen molar-refractivity contribution < 1.29 is 14.3 Å². The Kier molecular flexibility index (Phi) is 5.43. The second kappa shape index (κ2) is 8.15. The molecule has 0 radical (unpaired) electrons. The van der Waals surface area contributed by atoms with Crippen LogP contribution in [0.5, 0.6) is 5.75 Å². The third kappa shape index (κ3) is 3.92. The van der Waals surface area contributed by atoms with Crippen LogP contribution in [0.1, 0.15) is 12.0 Å². The molecule has 152 valence electrons. The maximum atomic E-state index is 13.1. The Morgan fingerprint density at radius 2 is 1.76 bits per heavy atom. The van der Waals surface area contributed by atoms with E-state index >= 15 is 0 Å². The number of para-hydroxylation sites is 1. The van der Waals surface area contributed by atoms with Gasteiger partial charge in [-0.3, -0.25) is 9.59 Å². The fraction of sp³-hybridized carbons (Fsp3) is 0.391. The van der Waals surface area contributed by atoms with E-state index in [-0.39, 0.29) is 24.2 Å². The maximum Gasteiger partial charge on any atom is 0.228 e. The molecule has 2 aromatic rings. The van der Waals surface area contributed by atoms with Crippen LogP contribution in [0.3, 0.4) is 0 Å². The van der Waals surface area contributed by atoms with E-state index in [1.165, 1.54) is 5.69 Å². The summed E-state index contributed by atoms with van der Waals surface area (Å²) < 4.78 is 5.43. The Bertz CT molecular complexity index is 891. The predicted octanol–water partition coefficient (Wildman–Crippen LogP) is 2.71. The van der Waals surface area contributed by atoms with Crippen LogP contribution in [0.2, 0.25) is 0 Å². The quantitative estimate of drug-likeness (QED) is 0.802. The molecule has 2 fully saturated rings. The van der Waals surface area contributed by atoms with E-state index in [0.717, 1.165) is 24.3 Å². The normalized spacial score (nSPS) is 19.6. The first-order valence-electron chi connectivity index (χ1n) is 10.1. The minimum Gasteiger partial charge on any atom is -0.495 e. The summed E-state index contributed by atoms with van der Waals surface area (Å²) in [6.07, 6.45) is 0.259. The third-order valence-electron chi connectivity index (χ3n) is 5.81. The summed E-state index contributed by atoms with van der Waals surface area (Å²) in [4.78, 5) is 31.7. The minimum atomic E-state index is -0.295. The number of methoxy groups -OCH3 is 1. The number of amides is 2. The van der Waals surface area contributed by atoms with Crippen molar-refractivity contribution >= 4 is 23.2 Å². The minimum absolute atomic E-state index is 0.0184. The smallest absolute Gasteiger partial charge is 0.228 e. The molecule has 2 saturated heterocycles. The second-order valence-corrected chi connectivity index (χ2v) is 7.73. The Balaban J connectivity index is 1.41. The molecule has 0 aliphatic carbocycles. The molecule has 2 aliphatic rings. The lowest BCUT2D eigenvalue weighted by Gasteiger charge is -2.37. The van der Waals surface area contributed by atoms with Gasteiger partial charge in [-0.15, -0.1) is 0 Å². The first-order chi connectivity index (χ1) is 14.1. The van der Waals surface area contributed by atoms with Crippen LogP contribution in [-0.2, 0) is 9.59 Å². The van der Waals surface area contributed by atoms with Crippen LogP contribution < -0.4 is 14.5 Å². The number of hydrogen-bond acceptors (Lipinski definition) is 4. The SMILES string of the molecule is COc1ccc(C)cc1N1C[C@H](C(=O)N2CCN(c3ccccc3)CC2)CC1=O. The van der Waals surface area contributed by atoms with Gasteiger partial charge in [0, 0.05) is 44.8 Å². The van der Waals surface area contributed by atoms with Crippen molar-refractivity contribution in [3.63, 3.8) is 0 Å². The van der Waals surface area contributed by atoms with Gasteiger partial charge in [0.15, 0.2) is 0 Å². The van der Waals surface area contributed by atoms with Crippen molar-refractivity contribution in [3.8, 4) is 5.75 Å². The van der Waals surface area contributed by atoms with Gasteiger partial charge in [-0.2, -0.15) is 0 Å². The summed E-state index contributed by atoms with van der Waals surface area (Å²) in [6, 6.07) is 16.0. The number of carbonyl (C=O) groups is 2. The van der Waals surface area contributed by atoms with Crippen molar-refractivity contribution in [1.82, 2.24) is 4.90 Å². The fourth-order valence-electron chi connectivity index (χ4n) is 4.20. The molecule has 2 heterocycles. The molecule has 0 saturated carbocycles. The number of benzene rings is 2. The predicted molar refractivity (Wildman–Crippen MR) is 113 cm³/mol. The van der Waals surface area contributed by atoms with Crippen molar-refractivity contribution in [2.45, 2.75) is 13.3 Å². The maximum absolute atomic E-state index is 13.1. The van der Waals surface area contributed by atoms with Gasteiger partial charge in [-0.25, -0.2) is 0 Å². The molecule has 4 rings (SSSR count). The standard InChI is InChI=1S/C23H27N3O3/c1-17-8-9-21(29-2)20(14-17)26-16-18(15-22(26)27)23(28)25-12-10-24(11-13-25)19-6-4-3-5-7-19/h3-9,14,18H,10-13,15-16H2,1-2H3/t18-/m1/s1. The second-order valence-electron chi connectivity index (χ2n) is 7.73. The monoisotopic (exact) mass is 393 g/mol. The van der Waals surface area contributed by atoms with Crippen molar-refractivity contribution in [3.05, 3.63) is 54.1 Å². The van der Waals surface area contributed by atoms with Gasteiger partial charge in [0.25, 0.3) is 0 Å². The zero-order valence-electron chi connectivity index (χ0n) is 17.0.